The van der Waals surface area contributed by atoms with Crippen LogP contribution in [0.5, 0.6) is 0 Å². The SMILES string of the molecule is Cc1ccc(C)c(CSCCS(N)(=O)=O)c1. The van der Waals surface area contributed by atoms with Crippen LogP contribution in [0.2, 0.25) is 0 Å². The predicted octanol–water partition coefficient (Wildman–Crippen LogP) is 1.83. The smallest absolute Gasteiger partial charge is 0.209 e. The average molecular weight is 259 g/mol. The van der Waals surface area contributed by atoms with Crippen LogP contribution in [-0.2, 0) is 15.8 Å². The highest BCUT2D eigenvalue weighted by atomic mass is 32.2. The first kappa shape index (κ1) is 13.5. The van der Waals surface area contributed by atoms with E-state index in [0.29, 0.717) is 5.75 Å². The van der Waals surface area contributed by atoms with Gasteiger partial charge in [0, 0.05) is 11.5 Å². The van der Waals surface area contributed by atoms with Crippen molar-refractivity contribution in [1.29, 1.82) is 0 Å². The Balaban J connectivity index is 2.46. The van der Waals surface area contributed by atoms with Crippen LogP contribution in [0.4, 0.5) is 0 Å². The highest BCUT2D eigenvalue weighted by molar-refractivity contribution is 7.99. The molecular weight excluding hydrogens is 242 g/mol. The summed E-state index contributed by atoms with van der Waals surface area (Å²) >= 11 is 1.60. The van der Waals surface area contributed by atoms with Crippen LogP contribution in [0, 0.1) is 13.8 Å². The number of nitrogens with two attached hydrogens (primary N) is 1. The van der Waals surface area contributed by atoms with Crippen molar-refractivity contribution < 1.29 is 8.42 Å². The van der Waals surface area contributed by atoms with Crippen LogP contribution >= 0.6 is 11.8 Å². The molecule has 0 saturated carbocycles. The van der Waals surface area contributed by atoms with Crippen molar-refractivity contribution in [3.8, 4) is 0 Å². The number of thioether (sulfide) groups is 1. The maximum atomic E-state index is 10.7. The zero-order valence-corrected chi connectivity index (χ0v) is 11.2. The van der Waals surface area contributed by atoms with Crippen molar-refractivity contribution in [3.63, 3.8) is 0 Å². The van der Waals surface area contributed by atoms with Crippen LogP contribution in [0.25, 0.3) is 0 Å². The zero-order valence-electron chi connectivity index (χ0n) is 9.56. The molecule has 90 valence electrons. The topological polar surface area (TPSA) is 60.2 Å². The first-order chi connectivity index (χ1) is 7.38. The van der Waals surface area contributed by atoms with E-state index in [1.54, 1.807) is 11.8 Å². The molecule has 3 nitrogen and oxygen atoms in total. The van der Waals surface area contributed by atoms with Crippen molar-refractivity contribution in [2.45, 2.75) is 19.6 Å². The normalized spacial score (nSPS) is 11.7. The largest absolute Gasteiger partial charge is 0.229 e. The summed E-state index contributed by atoms with van der Waals surface area (Å²) in [5, 5.41) is 4.93. The first-order valence-corrected chi connectivity index (χ1v) is 7.90. The Morgan fingerprint density at radius 1 is 1.31 bits per heavy atom. The van der Waals surface area contributed by atoms with Crippen molar-refractivity contribution in [3.05, 3.63) is 34.9 Å². The fourth-order valence-corrected chi connectivity index (χ4v) is 3.39. The lowest BCUT2D eigenvalue weighted by Crippen LogP contribution is -2.17. The number of rotatable bonds is 5. The summed E-state index contributed by atoms with van der Waals surface area (Å²) in [6.07, 6.45) is 0. The summed E-state index contributed by atoms with van der Waals surface area (Å²) in [5.74, 6) is 1.43. The molecule has 0 fully saturated rings. The monoisotopic (exact) mass is 259 g/mol. The van der Waals surface area contributed by atoms with Gasteiger partial charge in [-0.15, -0.1) is 0 Å². The highest BCUT2D eigenvalue weighted by Crippen LogP contribution is 2.17. The van der Waals surface area contributed by atoms with Gasteiger partial charge in [0.15, 0.2) is 0 Å². The Morgan fingerprint density at radius 3 is 2.62 bits per heavy atom. The summed E-state index contributed by atoms with van der Waals surface area (Å²) < 4.78 is 21.5. The Labute approximate surface area is 101 Å². The maximum absolute atomic E-state index is 10.7. The third-order valence-corrected chi connectivity index (χ3v) is 4.31. The molecule has 1 aromatic carbocycles. The quantitative estimate of drug-likeness (QED) is 0.821. The van der Waals surface area contributed by atoms with Gasteiger partial charge in [-0.05, 0) is 25.0 Å². The summed E-state index contributed by atoms with van der Waals surface area (Å²) in [4.78, 5) is 0. The molecule has 16 heavy (non-hydrogen) atoms. The van der Waals surface area contributed by atoms with Crippen molar-refractivity contribution in [1.82, 2.24) is 0 Å². The lowest BCUT2D eigenvalue weighted by Gasteiger charge is -2.06. The van der Waals surface area contributed by atoms with Crippen LogP contribution in [0.3, 0.4) is 0 Å². The molecule has 1 rings (SSSR count). The number of benzene rings is 1. The number of primary sulfonamides is 1. The number of hydrogen-bond donors (Lipinski definition) is 1. The van der Waals surface area contributed by atoms with Gasteiger partial charge >= 0.3 is 0 Å². The molecular formula is C11H17NO2S2. The lowest BCUT2D eigenvalue weighted by molar-refractivity contribution is 0.599. The van der Waals surface area contributed by atoms with Gasteiger partial charge in [-0.3, -0.25) is 0 Å². The van der Waals surface area contributed by atoms with E-state index in [1.165, 1.54) is 16.7 Å². The average Bonchev–Trinajstić information content (AvgIpc) is 2.16. The molecule has 0 aliphatic heterocycles. The minimum absolute atomic E-state index is 0.0442. The second-order valence-corrected chi connectivity index (χ2v) is 6.69. The molecule has 2 N–H and O–H groups in total. The minimum atomic E-state index is -3.32. The molecule has 0 heterocycles. The van der Waals surface area contributed by atoms with Gasteiger partial charge in [0.25, 0.3) is 0 Å². The predicted molar refractivity (Wildman–Crippen MR) is 70.1 cm³/mol. The third kappa shape index (κ3) is 5.01. The summed E-state index contributed by atoms with van der Waals surface area (Å²) in [6.45, 7) is 4.12. The minimum Gasteiger partial charge on any atom is -0.229 e. The van der Waals surface area contributed by atoms with Gasteiger partial charge in [0.2, 0.25) is 10.0 Å². The fourth-order valence-electron chi connectivity index (χ4n) is 1.31. The Bertz CT molecular complexity index is 455. The van der Waals surface area contributed by atoms with Crippen LogP contribution in [-0.4, -0.2) is 19.9 Å². The van der Waals surface area contributed by atoms with Crippen molar-refractivity contribution in [2.75, 3.05) is 11.5 Å². The first-order valence-electron chi connectivity index (χ1n) is 5.03. The number of hydrogen-bond acceptors (Lipinski definition) is 3. The fraction of sp³-hybridized carbons (Fsp3) is 0.455. The summed E-state index contributed by atoms with van der Waals surface area (Å²) in [7, 11) is -3.32. The second-order valence-electron chi connectivity index (χ2n) is 3.85. The Morgan fingerprint density at radius 2 is 2.00 bits per heavy atom. The molecule has 0 atom stereocenters. The molecule has 0 saturated heterocycles. The standard InChI is InChI=1S/C11H17NO2S2/c1-9-3-4-10(2)11(7-9)8-15-5-6-16(12,13)14/h3-4,7H,5-6,8H2,1-2H3,(H2,12,13,14). The van der Waals surface area contributed by atoms with E-state index in [0.717, 1.165) is 5.75 Å². The molecule has 0 spiro atoms. The molecule has 5 heteroatoms. The van der Waals surface area contributed by atoms with E-state index in [2.05, 4.69) is 32.0 Å². The van der Waals surface area contributed by atoms with E-state index >= 15 is 0 Å². The van der Waals surface area contributed by atoms with Crippen LogP contribution < -0.4 is 5.14 Å². The van der Waals surface area contributed by atoms with Crippen LogP contribution in [0.15, 0.2) is 18.2 Å². The molecule has 0 radical (unpaired) electrons. The summed E-state index contributed by atoms with van der Waals surface area (Å²) in [5.41, 5.74) is 3.74. The zero-order chi connectivity index (χ0) is 12.2. The van der Waals surface area contributed by atoms with Gasteiger partial charge in [0.1, 0.15) is 0 Å². The molecule has 0 aliphatic rings. The number of aryl methyl sites for hydroxylation is 2. The molecule has 1 aromatic rings. The Kier molecular flexibility index (Phi) is 4.83. The Hall–Kier alpha value is -0.520. The van der Waals surface area contributed by atoms with Gasteiger partial charge in [-0.2, -0.15) is 11.8 Å². The van der Waals surface area contributed by atoms with E-state index in [9.17, 15) is 8.42 Å². The molecule has 0 bridgehead atoms. The third-order valence-electron chi connectivity index (χ3n) is 2.27. The molecule has 0 aliphatic carbocycles. The number of sulfonamides is 1. The maximum Gasteiger partial charge on any atom is 0.209 e. The molecule has 0 aromatic heterocycles. The van der Waals surface area contributed by atoms with Crippen LogP contribution in [0.1, 0.15) is 16.7 Å². The van der Waals surface area contributed by atoms with Gasteiger partial charge in [0.05, 0.1) is 5.75 Å². The molecule has 0 unspecified atom stereocenters. The van der Waals surface area contributed by atoms with E-state index in [4.69, 9.17) is 5.14 Å². The van der Waals surface area contributed by atoms with Crippen molar-refractivity contribution >= 4 is 21.8 Å². The van der Waals surface area contributed by atoms with E-state index < -0.39 is 10.0 Å². The van der Waals surface area contributed by atoms with Gasteiger partial charge in [-0.25, -0.2) is 13.6 Å². The van der Waals surface area contributed by atoms with E-state index in [1.807, 2.05) is 0 Å². The van der Waals surface area contributed by atoms with Gasteiger partial charge < -0.3 is 0 Å². The van der Waals surface area contributed by atoms with Crippen molar-refractivity contribution in [2.24, 2.45) is 5.14 Å². The second kappa shape index (κ2) is 5.70. The lowest BCUT2D eigenvalue weighted by atomic mass is 10.1. The summed E-state index contributed by atoms with van der Waals surface area (Å²) in [6, 6.07) is 6.30. The van der Waals surface area contributed by atoms with Gasteiger partial charge in [-0.1, -0.05) is 23.8 Å². The highest BCUT2D eigenvalue weighted by Gasteiger charge is 2.03. The molecule has 0 amide bonds. The van der Waals surface area contributed by atoms with E-state index in [-0.39, 0.29) is 5.75 Å².